The zero-order valence-corrected chi connectivity index (χ0v) is 29.9. The zero-order chi connectivity index (χ0) is 31.5. The van der Waals surface area contributed by atoms with E-state index in [0.717, 1.165) is 40.8 Å². The third kappa shape index (κ3) is 7.62. The number of nitrogens with zero attached hydrogens (tertiary/aromatic N) is 2. The third-order valence-electron chi connectivity index (χ3n) is 8.50. The van der Waals surface area contributed by atoms with E-state index in [4.69, 9.17) is 9.97 Å². The van der Waals surface area contributed by atoms with Crippen molar-refractivity contribution in [3.8, 4) is 11.3 Å². The summed E-state index contributed by atoms with van der Waals surface area (Å²) < 4.78 is 0. The van der Waals surface area contributed by atoms with Crippen LogP contribution in [0.4, 0.5) is 0 Å². The van der Waals surface area contributed by atoms with E-state index in [1.807, 2.05) is 41.5 Å². The number of aliphatic hydroxyl groups is 1. The van der Waals surface area contributed by atoms with Crippen LogP contribution >= 0.6 is 0 Å². The molecule has 0 aliphatic heterocycles. The quantitative estimate of drug-likeness (QED) is 0.0809. The van der Waals surface area contributed by atoms with Crippen molar-refractivity contribution in [3.05, 3.63) is 96.0 Å². The molecule has 0 atom stereocenters. The minimum atomic E-state index is -0.349. The predicted molar refractivity (Wildman–Crippen MR) is 182 cm³/mol. The molecule has 0 aliphatic rings. The Hall–Kier alpha value is -3.40. The van der Waals surface area contributed by atoms with E-state index in [0.29, 0.717) is 0 Å². The Morgan fingerprint density at radius 1 is 0.886 bits per heavy atom. The van der Waals surface area contributed by atoms with Crippen molar-refractivity contribution in [3.63, 3.8) is 0 Å². The predicted octanol–water partition coefficient (Wildman–Crippen LogP) is 10.7. The average molecular weight is 766 g/mol. The molecule has 44 heavy (non-hydrogen) atoms. The topological polar surface area (TPSA) is 63.1 Å². The summed E-state index contributed by atoms with van der Waals surface area (Å²) in [6, 6.07) is 26.9. The Bertz CT molecular complexity index is 1810. The Morgan fingerprint density at radius 3 is 2.14 bits per heavy atom. The molecular formula is C39H45IrN2O2-. The molecule has 1 heterocycles. The van der Waals surface area contributed by atoms with Crippen molar-refractivity contribution >= 4 is 38.2 Å². The van der Waals surface area contributed by atoms with Gasteiger partial charge in [-0.1, -0.05) is 115 Å². The van der Waals surface area contributed by atoms with Crippen LogP contribution in [0, 0.1) is 23.8 Å². The first kappa shape index (κ1) is 35.1. The maximum atomic E-state index is 11.9. The van der Waals surface area contributed by atoms with Gasteiger partial charge in [0, 0.05) is 48.3 Å². The molecule has 5 heteroatoms. The van der Waals surface area contributed by atoms with Gasteiger partial charge >= 0.3 is 0 Å². The molecule has 0 saturated heterocycles. The molecule has 0 fully saturated rings. The van der Waals surface area contributed by atoms with Gasteiger partial charge in [0.05, 0.1) is 5.52 Å². The molecule has 0 aliphatic carbocycles. The molecule has 4 nitrogen and oxygen atoms in total. The van der Waals surface area contributed by atoms with Crippen molar-refractivity contribution < 1.29 is 30.0 Å². The smallest absolute Gasteiger partial charge is 0.164 e. The van der Waals surface area contributed by atoms with Crippen LogP contribution in [0.2, 0.25) is 0 Å². The minimum Gasteiger partial charge on any atom is -0.512 e. The molecule has 0 spiro atoms. The molecule has 1 N–H and O–H groups in total. The fourth-order valence-electron chi connectivity index (χ4n) is 4.88. The van der Waals surface area contributed by atoms with Gasteiger partial charge in [0.1, 0.15) is 11.6 Å². The number of hydrogen-bond acceptors (Lipinski definition) is 4. The molecule has 5 rings (SSSR count). The van der Waals surface area contributed by atoms with E-state index in [1.54, 1.807) is 0 Å². The van der Waals surface area contributed by atoms with E-state index in [2.05, 4.69) is 93.6 Å². The van der Waals surface area contributed by atoms with Gasteiger partial charge in [0.2, 0.25) is 0 Å². The largest absolute Gasteiger partial charge is 0.512 e. The normalized spacial score (nSPS) is 12.3. The number of aromatic nitrogens is 2. The monoisotopic (exact) mass is 766 g/mol. The average Bonchev–Trinajstić information content (AvgIpc) is 2.99. The first-order chi connectivity index (χ1) is 20.3. The maximum absolute atomic E-state index is 11.9. The van der Waals surface area contributed by atoms with E-state index in [9.17, 15) is 9.90 Å². The van der Waals surface area contributed by atoms with Crippen molar-refractivity contribution in [2.45, 2.75) is 81.1 Å². The van der Waals surface area contributed by atoms with Crippen LogP contribution in [0.25, 0.3) is 43.7 Å². The second kappa shape index (κ2) is 14.1. The van der Waals surface area contributed by atoms with Crippen LogP contribution in [0.5, 0.6) is 0 Å². The van der Waals surface area contributed by atoms with Crippen LogP contribution < -0.4 is 0 Å². The van der Waals surface area contributed by atoms with Gasteiger partial charge < -0.3 is 5.11 Å². The Kier molecular flexibility index (Phi) is 11.3. The van der Waals surface area contributed by atoms with Crippen LogP contribution in [0.15, 0.2) is 78.6 Å². The molecule has 5 aromatic rings. The van der Waals surface area contributed by atoms with E-state index < -0.39 is 0 Å². The number of rotatable bonds is 6. The van der Waals surface area contributed by atoms with E-state index in [1.165, 1.54) is 33.2 Å². The summed E-state index contributed by atoms with van der Waals surface area (Å²) in [5.41, 5.74) is 3.56. The molecule has 1 radical (unpaired) electrons. The standard InChI is InChI=1S/C26H21N2.C13H24O2.Ir/c1-16(2)26-27-24(21-11-10-18-6-4-5-7-20(18)15-21)22-13-12-19-9-8-17(3)14-23(19)25(22)28-26;1-7-13(6,8-2)11(15)9-10(14)12(3,4)5;/h4-10,12-16H,1-3H3;9,14H,7-8H2,1-6H3;/q-1;;/b;10-9-;. The summed E-state index contributed by atoms with van der Waals surface area (Å²) in [5, 5.41) is 15.6. The molecule has 0 amide bonds. The number of aryl methyl sites for hydroxylation is 1. The Balaban J connectivity index is 0.000000286. The second-order valence-electron chi connectivity index (χ2n) is 13.2. The van der Waals surface area contributed by atoms with Gasteiger partial charge in [-0.25, -0.2) is 4.98 Å². The molecule has 233 valence electrons. The second-order valence-corrected chi connectivity index (χ2v) is 13.2. The van der Waals surface area contributed by atoms with E-state index in [-0.39, 0.29) is 48.4 Å². The summed E-state index contributed by atoms with van der Waals surface area (Å²) in [6.07, 6.45) is 3.00. The Morgan fingerprint density at radius 2 is 1.52 bits per heavy atom. The molecule has 4 aromatic carbocycles. The number of aliphatic hydroxyl groups excluding tert-OH is 1. The van der Waals surface area contributed by atoms with Crippen LogP contribution in [0.3, 0.4) is 0 Å². The number of carbonyl (C=O) groups excluding carboxylic acids is 1. The minimum absolute atomic E-state index is 0. The first-order valence-corrected chi connectivity index (χ1v) is 15.3. The fraction of sp³-hybridized carbons (Fsp3) is 0.359. The van der Waals surface area contributed by atoms with Crippen molar-refractivity contribution in [2.24, 2.45) is 10.8 Å². The van der Waals surface area contributed by atoms with Crippen molar-refractivity contribution in [2.75, 3.05) is 0 Å². The molecule has 0 saturated carbocycles. The van der Waals surface area contributed by atoms with Gasteiger partial charge in [-0.15, -0.1) is 29.1 Å². The number of carbonyl (C=O) groups is 1. The maximum Gasteiger partial charge on any atom is 0.164 e. The van der Waals surface area contributed by atoms with Gasteiger partial charge in [-0.3, -0.25) is 9.78 Å². The van der Waals surface area contributed by atoms with Crippen LogP contribution in [-0.4, -0.2) is 20.9 Å². The molecule has 0 unspecified atom stereocenters. The van der Waals surface area contributed by atoms with Gasteiger partial charge in [0.25, 0.3) is 0 Å². The summed E-state index contributed by atoms with van der Waals surface area (Å²) in [7, 11) is 0. The van der Waals surface area contributed by atoms with Crippen molar-refractivity contribution in [1.82, 2.24) is 9.97 Å². The summed E-state index contributed by atoms with van der Waals surface area (Å²) in [4.78, 5) is 21.9. The first-order valence-electron chi connectivity index (χ1n) is 15.3. The fourth-order valence-corrected chi connectivity index (χ4v) is 4.88. The van der Waals surface area contributed by atoms with Gasteiger partial charge in [-0.2, -0.15) is 0 Å². The molecule has 1 aromatic heterocycles. The number of fused-ring (bicyclic) bond motifs is 4. The van der Waals surface area contributed by atoms with Crippen LogP contribution in [-0.2, 0) is 24.9 Å². The number of benzene rings is 4. The summed E-state index contributed by atoms with van der Waals surface area (Å²) in [5.74, 6) is 1.32. The number of hydrogen-bond donors (Lipinski definition) is 1. The molecular weight excluding hydrogens is 721 g/mol. The summed E-state index contributed by atoms with van der Waals surface area (Å²) >= 11 is 0. The van der Waals surface area contributed by atoms with Gasteiger partial charge in [-0.05, 0) is 42.3 Å². The van der Waals surface area contributed by atoms with E-state index >= 15 is 0 Å². The SMILES string of the molecule is CCC(C)(CC)C(=O)/C=C(\O)C(C)(C)C.Cc1ccc2ccc3c(-c4[c-]cc5ccccc5c4)nc(C(C)C)nc3c2c1.[Ir]. The third-order valence-corrected chi connectivity index (χ3v) is 8.50. The van der Waals surface area contributed by atoms with Crippen molar-refractivity contribution in [1.29, 1.82) is 0 Å². The van der Waals surface area contributed by atoms with Gasteiger partial charge in [0.15, 0.2) is 5.78 Å². The van der Waals surface area contributed by atoms with Crippen LogP contribution in [0.1, 0.15) is 85.5 Å². The summed E-state index contributed by atoms with van der Waals surface area (Å²) in [6.45, 7) is 18.0. The number of ketones is 1. The molecule has 0 bridgehead atoms. The number of allylic oxidation sites excluding steroid dienone is 2. The Labute approximate surface area is 276 Å². The zero-order valence-electron chi connectivity index (χ0n) is 27.5.